The summed E-state index contributed by atoms with van der Waals surface area (Å²) in [5.41, 5.74) is 2.07. The maximum absolute atomic E-state index is 13.1. The average molecular weight is 391 g/mol. The van der Waals surface area contributed by atoms with Gasteiger partial charge < -0.3 is 15.0 Å². The lowest BCUT2D eigenvalue weighted by Crippen LogP contribution is -2.31. The first kappa shape index (κ1) is 17.1. The largest absolute Gasteiger partial charge is 0.390 e. The Morgan fingerprint density at radius 3 is 2.88 bits per heavy atom. The number of nitrogens with zero attached hydrogens (tertiary/aromatic N) is 1. The van der Waals surface area contributed by atoms with Crippen molar-refractivity contribution in [2.75, 3.05) is 13.1 Å². The van der Waals surface area contributed by atoms with E-state index in [1.165, 1.54) is 6.07 Å². The Kier molecular flexibility index (Phi) is 5.66. The molecule has 1 unspecified atom stereocenters. The van der Waals surface area contributed by atoms with E-state index in [9.17, 15) is 9.50 Å². The van der Waals surface area contributed by atoms with E-state index in [4.69, 9.17) is 0 Å². The lowest BCUT2D eigenvalue weighted by Gasteiger charge is -2.14. The van der Waals surface area contributed by atoms with Crippen LogP contribution in [0.4, 0.5) is 4.39 Å². The minimum absolute atomic E-state index is 0.210. The van der Waals surface area contributed by atoms with Crippen molar-refractivity contribution >= 4 is 26.8 Å². The fourth-order valence-corrected chi connectivity index (χ4v) is 3.19. The third-order valence-corrected chi connectivity index (χ3v) is 4.49. The first-order chi connectivity index (χ1) is 11.6. The van der Waals surface area contributed by atoms with E-state index in [2.05, 4.69) is 31.9 Å². The van der Waals surface area contributed by atoms with E-state index in [1.807, 2.05) is 30.5 Å². The molecule has 5 heteroatoms. The standard InChI is InChI=1S/C19H20BrFN2O/c20-16-4-5-19-15(11-16)7-9-23(19)13-18(24)12-22-8-6-14-2-1-3-17(21)10-14/h1-5,7,9-11,18,22,24H,6,8,12-13H2. The van der Waals surface area contributed by atoms with Crippen LogP contribution in [0.15, 0.2) is 59.2 Å². The number of hydrogen-bond acceptors (Lipinski definition) is 2. The molecule has 0 aliphatic carbocycles. The number of benzene rings is 2. The molecule has 3 nitrogen and oxygen atoms in total. The van der Waals surface area contributed by atoms with Gasteiger partial charge in [-0.05, 0) is 54.9 Å². The molecule has 24 heavy (non-hydrogen) atoms. The fourth-order valence-electron chi connectivity index (χ4n) is 2.82. The average Bonchev–Trinajstić information content (AvgIpc) is 2.93. The fraction of sp³-hybridized carbons (Fsp3) is 0.263. The molecular formula is C19H20BrFN2O. The maximum atomic E-state index is 13.1. The molecule has 3 aromatic rings. The van der Waals surface area contributed by atoms with Gasteiger partial charge in [0.1, 0.15) is 5.82 Å². The quantitative estimate of drug-likeness (QED) is 0.603. The second-order valence-corrected chi connectivity index (χ2v) is 6.82. The lowest BCUT2D eigenvalue weighted by molar-refractivity contribution is 0.153. The Morgan fingerprint density at radius 2 is 2.04 bits per heavy atom. The molecule has 0 saturated heterocycles. The molecule has 0 bridgehead atoms. The van der Waals surface area contributed by atoms with Gasteiger partial charge in [-0.2, -0.15) is 0 Å². The van der Waals surface area contributed by atoms with Crippen molar-refractivity contribution in [3.05, 3.63) is 70.6 Å². The molecule has 1 heterocycles. The molecule has 0 spiro atoms. The molecule has 2 aromatic carbocycles. The number of halogens is 2. The van der Waals surface area contributed by atoms with Crippen molar-refractivity contribution in [2.24, 2.45) is 0 Å². The number of rotatable bonds is 7. The summed E-state index contributed by atoms with van der Waals surface area (Å²) in [7, 11) is 0. The zero-order chi connectivity index (χ0) is 16.9. The second kappa shape index (κ2) is 7.92. The zero-order valence-electron chi connectivity index (χ0n) is 13.3. The van der Waals surface area contributed by atoms with Gasteiger partial charge >= 0.3 is 0 Å². The topological polar surface area (TPSA) is 37.2 Å². The summed E-state index contributed by atoms with van der Waals surface area (Å²) in [6.07, 6.45) is 2.26. The van der Waals surface area contributed by atoms with Crippen LogP contribution in [0.3, 0.4) is 0 Å². The van der Waals surface area contributed by atoms with Crippen LogP contribution in [0.1, 0.15) is 5.56 Å². The van der Waals surface area contributed by atoms with E-state index in [0.717, 1.165) is 27.4 Å². The molecule has 0 aliphatic heterocycles. The van der Waals surface area contributed by atoms with Crippen LogP contribution < -0.4 is 5.32 Å². The first-order valence-electron chi connectivity index (χ1n) is 7.99. The SMILES string of the molecule is OC(CNCCc1cccc(F)c1)Cn1ccc2cc(Br)ccc21. The highest BCUT2D eigenvalue weighted by atomic mass is 79.9. The molecule has 2 N–H and O–H groups in total. The van der Waals surface area contributed by atoms with Crippen molar-refractivity contribution in [1.29, 1.82) is 0 Å². The smallest absolute Gasteiger partial charge is 0.123 e. The van der Waals surface area contributed by atoms with Gasteiger partial charge in [0, 0.05) is 34.7 Å². The number of fused-ring (bicyclic) bond motifs is 1. The third kappa shape index (κ3) is 4.44. The summed E-state index contributed by atoms with van der Waals surface area (Å²) >= 11 is 3.47. The highest BCUT2D eigenvalue weighted by molar-refractivity contribution is 9.10. The van der Waals surface area contributed by atoms with Gasteiger partial charge in [0.25, 0.3) is 0 Å². The Morgan fingerprint density at radius 1 is 1.17 bits per heavy atom. The Balaban J connectivity index is 1.47. The molecule has 0 amide bonds. The molecule has 0 fully saturated rings. The molecule has 0 aliphatic rings. The predicted molar refractivity (Wildman–Crippen MR) is 98.6 cm³/mol. The first-order valence-corrected chi connectivity index (χ1v) is 8.79. The molecule has 1 aromatic heterocycles. The Bertz CT molecular complexity index is 818. The number of hydrogen-bond donors (Lipinski definition) is 2. The van der Waals surface area contributed by atoms with Crippen LogP contribution in [-0.2, 0) is 13.0 Å². The van der Waals surface area contributed by atoms with Gasteiger partial charge in [0.2, 0.25) is 0 Å². The normalized spacial score (nSPS) is 12.6. The van der Waals surface area contributed by atoms with Crippen LogP contribution in [0.25, 0.3) is 10.9 Å². The summed E-state index contributed by atoms with van der Waals surface area (Å²) in [6, 6.07) is 14.8. The minimum atomic E-state index is -0.475. The van der Waals surface area contributed by atoms with Gasteiger partial charge in [0.15, 0.2) is 0 Å². The van der Waals surface area contributed by atoms with Gasteiger partial charge in [-0.3, -0.25) is 0 Å². The van der Waals surface area contributed by atoms with Crippen LogP contribution >= 0.6 is 15.9 Å². The third-order valence-electron chi connectivity index (χ3n) is 4.00. The minimum Gasteiger partial charge on any atom is -0.390 e. The van der Waals surface area contributed by atoms with Crippen LogP contribution in [-0.4, -0.2) is 28.9 Å². The van der Waals surface area contributed by atoms with Crippen molar-refractivity contribution in [3.63, 3.8) is 0 Å². The molecule has 0 saturated carbocycles. The van der Waals surface area contributed by atoms with Crippen LogP contribution in [0, 0.1) is 5.82 Å². The second-order valence-electron chi connectivity index (χ2n) is 5.91. The Hall–Kier alpha value is -1.69. The molecule has 1 atom stereocenters. The molecule has 126 valence electrons. The van der Waals surface area contributed by atoms with Gasteiger partial charge in [-0.25, -0.2) is 4.39 Å². The lowest BCUT2D eigenvalue weighted by atomic mass is 10.1. The molecular weight excluding hydrogens is 371 g/mol. The van der Waals surface area contributed by atoms with Crippen LogP contribution in [0.5, 0.6) is 0 Å². The number of aliphatic hydroxyl groups excluding tert-OH is 1. The number of aromatic nitrogens is 1. The van der Waals surface area contributed by atoms with E-state index >= 15 is 0 Å². The van der Waals surface area contributed by atoms with E-state index in [0.29, 0.717) is 19.6 Å². The number of aliphatic hydroxyl groups is 1. The Labute approximate surface area is 149 Å². The predicted octanol–water partition coefficient (Wildman–Crippen LogP) is 3.74. The van der Waals surface area contributed by atoms with Crippen molar-refractivity contribution in [2.45, 2.75) is 19.1 Å². The highest BCUT2D eigenvalue weighted by Gasteiger charge is 2.08. The van der Waals surface area contributed by atoms with Gasteiger partial charge in [-0.15, -0.1) is 0 Å². The summed E-state index contributed by atoms with van der Waals surface area (Å²) in [5.74, 6) is -0.210. The van der Waals surface area contributed by atoms with E-state index in [-0.39, 0.29) is 5.82 Å². The van der Waals surface area contributed by atoms with Crippen molar-refractivity contribution in [3.8, 4) is 0 Å². The summed E-state index contributed by atoms with van der Waals surface area (Å²) in [4.78, 5) is 0. The van der Waals surface area contributed by atoms with Gasteiger partial charge in [-0.1, -0.05) is 28.1 Å². The van der Waals surface area contributed by atoms with E-state index < -0.39 is 6.10 Å². The molecule has 3 rings (SSSR count). The summed E-state index contributed by atoms with van der Waals surface area (Å²) < 4.78 is 16.2. The monoisotopic (exact) mass is 390 g/mol. The van der Waals surface area contributed by atoms with Crippen molar-refractivity contribution < 1.29 is 9.50 Å². The summed E-state index contributed by atoms with van der Waals surface area (Å²) in [6.45, 7) is 1.75. The highest BCUT2D eigenvalue weighted by Crippen LogP contribution is 2.21. The number of nitrogens with one attached hydrogen (secondary N) is 1. The van der Waals surface area contributed by atoms with E-state index in [1.54, 1.807) is 12.1 Å². The van der Waals surface area contributed by atoms with Crippen LogP contribution in [0.2, 0.25) is 0 Å². The summed E-state index contributed by atoms with van der Waals surface area (Å²) in [5, 5.41) is 14.6. The zero-order valence-corrected chi connectivity index (χ0v) is 14.8. The maximum Gasteiger partial charge on any atom is 0.123 e. The molecule has 0 radical (unpaired) electrons. The van der Waals surface area contributed by atoms with Gasteiger partial charge in [0.05, 0.1) is 6.10 Å². The van der Waals surface area contributed by atoms with Crippen molar-refractivity contribution in [1.82, 2.24) is 9.88 Å².